The molecule has 8 heteroatoms. The van der Waals surface area contributed by atoms with Gasteiger partial charge in [0.25, 0.3) is 0 Å². The van der Waals surface area contributed by atoms with E-state index in [4.69, 9.17) is 9.15 Å². The largest absolute Gasteiger partial charge is 0.445 e. The van der Waals surface area contributed by atoms with Crippen LogP contribution in [-0.4, -0.2) is 66.6 Å². The first-order chi connectivity index (χ1) is 13.1. The smallest absolute Gasteiger partial charge is 0.321 e. The average molecular weight is 372 g/mol. The van der Waals surface area contributed by atoms with E-state index in [0.29, 0.717) is 50.8 Å². The summed E-state index contributed by atoms with van der Waals surface area (Å²) in [6.07, 6.45) is 3.48. The third-order valence-electron chi connectivity index (χ3n) is 4.59. The second-order valence-corrected chi connectivity index (χ2v) is 6.41. The molecule has 2 aromatic rings. The van der Waals surface area contributed by atoms with Crippen molar-refractivity contribution in [3.8, 4) is 11.5 Å². The van der Waals surface area contributed by atoms with E-state index >= 15 is 0 Å². The fourth-order valence-corrected chi connectivity index (χ4v) is 3.00. The maximum absolute atomic E-state index is 12.6. The van der Waals surface area contributed by atoms with Gasteiger partial charge in [0.1, 0.15) is 6.26 Å². The number of hydrogen-bond acceptors (Lipinski definition) is 5. The molecule has 1 aliphatic heterocycles. The summed E-state index contributed by atoms with van der Waals surface area (Å²) >= 11 is 0. The van der Waals surface area contributed by atoms with Crippen molar-refractivity contribution in [1.29, 1.82) is 0 Å². The van der Waals surface area contributed by atoms with Crippen molar-refractivity contribution in [2.45, 2.75) is 13.3 Å². The van der Waals surface area contributed by atoms with Crippen molar-refractivity contribution in [1.82, 2.24) is 14.8 Å². The van der Waals surface area contributed by atoms with E-state index in [-0.39, 0.29) is 11.9 Å². The Morgan fingerprint density at radius 3 is 2.63 bits per heavy atom. The number of nitrogens with zero attached hydrogens (tertiary/aromatic N) is 3. The SMILES string of the molecule is COCCC(=O)N1CCN(C(=O)Nc2ccc(C)c(-c3ncco3)c2)CC1. The molecule has 0 saturated carbocycles. The summed E-state index contributed by atoms with van der Waals surface area (Å²) in [6, 6.07) is 5.44. The van der Waals surface area contributed by atoms with Crippen molar-refractivity contribution in [3.63, 3.8) is 0 Å². The van der Waals surface area contributed by atoms with Gasteiger partial charge in [-0.3, -0.25) is 4.79 Å². The van der Waals surface area contributed by atoms with Crippen LogP contribution in [0, 0.1) is 6.92 Å². The molecule has 1 aromatic heterocycles. The molecule has 8 nitrogen and oxygen atoms in total. The predicted octanol–water partition coefficient (Wildman–Crippen LogP) is 2.36. The molecule has 3 rings (SSSR count). The van der Waals surface area contributed by atoms with Crippen molar-refractivity contribution in [2.24, 2.45) is 0 Å². The number of carbonyl (C=O) groups excluding carboxylic acids is 2. The molecule has 1 N–H and O–H groups in total. The molecule has 2 heterocycles. The number of aromatic nitrogens is 1. The Morgan fingerprint density at radius 2 is 1.96 bits per heavy atom. The molecule has 144 valence electrons. The molecule has 1 fully saturated rings. The highest BCUT2D eigenvalue weighted by molar-refractivity contribution is 5.90. The summed E-state index contributed by atoms with van der Waals surface area (Å²) in [4.78, 5) is 32.2. The minimum atomic E-state index is -0.179. The molecule has 0 spiro atoms. The molecule has 1 saturated heterocycles. The number of nitrogens with one attached hydrogen (secondary N) is 1. The molecule has 1 aliphatic rings. The van der Waals surface area contributed by atoms with Gasteiger partial charge in [-0.15, -0.1) is 0 Å². The van der Waals surface area contributed by atoms with Crippen LogP contribution in [0.15, 0.2) is 35.1 Å². The lowest BCUT2D eigenvalue weighted by molar-refractivity contribution is -0.133. The fourth-order valence-electron chi connectivity index (χ4n) is 3.00. The Morgan fingerprint density at radius 1 is 1.22 bits per heavy atom. The molecule has 0 bridgehead atoms. The molecule has 3 amide bonds. The fraction of sp³-hybridized carbons (Fsp3) is 0.421. The first kappa shape index (κ1) is 18.9. The van der Waals surface area contributed by atoms with Crippen LogP contribution in [0.25, 0.3) is 11.5 Å². The van der Waals surface area contributed by atoms with Gasteiger partial charge in [0, 0.05) is 44.5 Å². The Balaban J connectivity index is 1.57. The monoisotopic (exact) mass is 372 g/mol. The van der Waals surface area contributed by atoms with Gasteiger partial charge in [0.2, 0.25) is 11.8 Å². The van der Waals surface area contributed by atoms with Gasteiger partial charge in [0.05, 0.1) is 19.2 Å². The lowest BCUT2D eigenvalue weighted by atomic mass is 10.1. The number of piperazine rings is 1. The Labute approximate surface area is 158 Å². The molecular weight excluding hydrogens is 348 g/mol. The maximum atomic E-state index is 12.6. The Kier molecular flexibility index (Phi) is 6.08. The first-order valence-corrected chi connectivity index (χ1v) is 8.91. The molecule has 0 radical (unpaired) electrons. The van der Waals surface area contributed by atoms with Crippen LogP contribution >= 0.6 is 0 Å². The van der Waals surface area contributed by atoms with Gasteiger partial charge >= 0.3 is 6.03 Å². The minimum absolute atomic E-state index is 0.0611. The van der Waals surface area contributed by atoms with Crippen LogP contribution in [0.4, 0.5) is 10.5 Å². The highest BCUT2D eigenvalue weighted by atomic mass is 16.5. The van der Waals surface area contributed by atoms with E-state index in [1.165, 1.54) is 6.26 Å². The Hall–Kier alpha value is -2.87. The Bertz CT molecular complexity index is 783. The number of anilines is 1. The summed E-state index contributed by atoms with van der Waals surface area (Å²) in [5, 5.41) is 2.91. The number of methoxy groups -OCH3 is 1. The average Bonchev–Trinajstić information content (AvgIpc) is 3.22. The number of benzene rings is 1. The number of oxazole rings is 1. The van der Waals surface area contributed by atoms with E-state index in [0.717, 1.165) is 11.1 Å². The third-order valence-corrected chi connectivity index (χ3v) is 4.59. The summed E-state index contributed by atoms with van der Waals surface area (Å²) < 4.78 is 10.3. The zero-order valence-electron chi connectivity index (χ0n) is 15.6. The molecule has 1 aromatic carbocycles. The van der Waals surface area contributed by atoms with Crippen molar-refractivity contribution < 1.29 is 18.7 Å². The molecule has 27 heavy (non-hydrogen) atoms. The van der Waals surface area contributed by atoms with Gasteiger partial charge < -0.3 is 24.3 Å². The summed E-state index contributed by atoms with van der Waals surface area (Å²) in [5.74, 6) is 0.581. The highest BCUT2D eigenvalue weighted by Gasteiger charge is 2.24. The summed E-state index contributed by atoms with van der Waals surface area (Å²) in [5.41, 5.74) is 2.53. The molecule has 0 aliphatic carbocycles. The first-order valence-electron chi connectivity index (χ1n) is 8.91. The van der Waals surface area contributed by atoms with Crippen molar-refractivity contribution in [3.05, 3.63) is 36.2 Å². The lowest BCUT2D eigenvalue weighted by Crippen LogP contribution is -2.51. The number of aryl methyl sites for hydroxylation is 1. The van der Waals surface area contributed by atoms with Gasteiger partial charge in [-0.05, 0) is 24.6 Å². The second-order valence-electron chi connectivity index (χ2n) is 6.41. The number of rotatable bonds is 5. The van der Waals surface area contributed by atoms with Crippen molar-refractivity contribution in [2.75, 3.05) is 45.2 Å². The van der Waals surface area contributed by atoms with Gasteiger partial charge in [-0.1, -0.05) is 6.07 Å². The number of amides is 3. The number of ether oxygens (including phenoxy) is 1. The van der Waals surface area contributed by atoms with E-state index in [9.17, 15) is 9.59 Å². The van der Waals surface area contributed by atoms with Crippen molar-refractivity contribution >= 4 is 17.6 Å². The van der Waals surface area contributed by atoms with E-state index in [2.05, 4.69) is 10.3 Å². The number of urea groups is 1. The van der Waals surface area contributed by atoms with Crippen LogP contribution in [0.1, 0.15) is 12.0 Å². The summed E-state index contributed by atoms with van der Waals surface area (Å²) in [6.45, 7) is 4.45. The lowest BCUT2D eigenvalue weighted by Gasteiger charge is -2.34. The standard InChI is InChI=1S/C19H24N4O4/c1-14-3-4-15(13-16(14)18-20-6-12-27-18)21-19(25)23-9-7-22(8-10-23)17(24)5-11-26-2/h3-4,6,12-13H,5,7-11H2,1-2H3,(H,21,25). The van der Waals surface area contributed by atoms with Crippen LogP contribution in [0.3, 0.4) is 0 Å². The third kappa shape index (κ3) is 4.65. The summed E-state index contributed by atoms with van der Waals surface area (Å²) in [7, 11) is 1.58. The second kappa shape index (κ2) is 8.68. The number of hydrogen-bond donors (Lipinski definition) is 1. The minimum Gasteiger partial charge on any atom is -0.445 e. The maximum Gasteiger partial charge on any atom is 0.321 e. The van der Waals surface area contributed by atoms with Gasteiger partial charge in [-0.25, -0.2) is 9.78 Å². The van der Waals surface area contributed by atoms with E-state index < -0.39 is 0 Å². The quantitative estimate of drug-likeness (QED) is 0.870. The molecule has 0 unspecified atom stereocenters. The van der Waals surface area contributed by atoms with Crippen LogP contribution < -0.4 is 5.32 Å². The predicted molar refractivity (Wildman–Crippen MR) is 100 cm³/mol. The molecular formula is C19H24N4O4. The van der Waals surface area contributed by atoms with Crippen LogP contribution in [-0.2, 0) is 9.53 Å². The van der Waals surface area contributed by atoms with Gasteiger partial charge in [-0.2, -0.15) is 0 Å². The molecule has 0 atom stereocenters. The topological polar surface area (TPSA) is 87.9 Å². The number of carbonyl (C=O) groups is 2. The highest BCUT2D eigenvalue weighted by Crippen LogP contribution is 2.25. The zero-order valence-corrected chi connectivity index (χ0v) is 15.6. The van der Waals surface area contributed by atoms with E-state index in [1.807, 2.05) is 25.1 Å². The zero-order chi connectivity index (χ0) is 19.2. The van der Waals surface area contributed by atoms with E-state index in [1.54, 1.807) is 23.1 Å². The van der Waals surface area contributed by atoms with Gasteiger partial charge in [0.15, 0.2) is 0 Å². The normalized spacial score (nSPS) is 14.3. The van der Waals surface area contributed by atoms with Crippen LogP contribution in [0.5, 0.6) is 0 Å². The van der Waals surface area contributed by atoms with Crippen LogP contribution in [0.2, 0.25) is 0 Å².